The first kappa shape index (κ1) is 8.94. The van der Waals surface area contributed by atoms with Crippen LogP contribution in [0, 0.1) is 5.92 Å². The molecule has 0 heterocycles. The minimum atomic E-state index is -0.326. The summed E-state index contributed by atoms with van der Waals surface area (Å²) in [6.45, 7) is 2.24. The summed E-state index contributed by atoms with van der Waals surface area (Å²) in [7, 11) is 0. The first-order valence-electron chi connectivity index (χ1n) is 3.15. The zero-order chi connectivity index (χ0) is 7.98. The summed E-state index contributed by atoms with van der Waals surface area (Å²) in [5.74, 6) is -0.486. The highest BCUT2D eigenvalue weighted by Crippen LogP contribution is 1.97. The van der Waals surface area contributed by atoms with Gasteiger partial charge in [-0.2, -0.15) is 0 Å². The molecule has 1 unspecified atom stereocenters. The van der Waals surface area contributed by atoms with Crippen molar-refractivity contribution in [3.63, 3.8) is 0 Å². The van der Waals surface area contributed by atoms with Crippen LogP contribution in [0.5, 0.6) is 0 Å². The normalized spacial score (nSPS) is 12.1. The first-order chi connectivity index (χ1) is 4.68. The molecule has 4 nitrogen and oxygen atoms in total. The van der Waals surface area contributed by atoms with Gasteiger partial charge in [-0.3, -0.25) is 9.59 Å². The third kappa shape index (κ3) is 3.88. The Morgan fingerprint density at radius 1 is 1.80 bits per heavy atom. The fraction of sp³-hybridized carbons (Fsp3) is 0.667. The van der Waals surface area contributed by atoms with Gasteiger partial charge in [0.25, 0.3) is 0 Å². The number of hydrogen-bond acceptors (Lipinski definition) is 2. The highest BCUT2D eigenvalue weighted by Gasteiger charge is 2.06. The van der Waals surface area contributed by atoms with E-state index in [1.165, 1.54) is 0 Å². The fourth-order valence-electron chi connectivity index (χ4n) is 0.501. The van der Waals surface area contributed by atoms with Gasteiger partial charge >= 0.3 is 0 Å². The number of nitrogens with one attached hydrogen (secondary N) is 1. The molecule has 10 heavy (non-hydrogen) atoms. The number of carbonyl (C=O) groups is 2. The molecule has 0 aromatic carbocycles. The molecule has 0 saturated heterocycles. The van der Waals surface area contributed by atoms with Crippen LogP contribution in [0.15, 0.2) is 0 Å². The van der Waals surface area contributed by atoms with Gasteiger partial charge in [0, 0.05) is 12.5 Å². The van der Waals surface area contributed by atoms with Crippen molar-refractivity contribution in [3.05, 3.63) is 0 Å². The Balaban J connectivity index is 3.30. The molecule has 0 bridgehead atoms. The number of nitrogens with two attached hydrogens (primary N) is 1. The first-order valence-corrected chi connectivity index (χ1v) is 3.15. The number of hydrogen-bond donors (Lipinski definition) is 2. The lowest BCUT2D eigenvalue weighted by atomic mass is 10.1. The van der Waals surface area contributed by atoms with Crippen LogP contribution < -0.4 is 11.1 Å². The van der Waals surface area contributed by atoms with Crippen LogP contribution in [0.25, 0.3) is 0 Å². The summed E-state index contributed by atoms with van der Waals surface area (Å²) < 4.78 is 0. The maximum Gasteiger partial charge on any atom is 0.220 e. The lowest BCUT2D eigenvalue weighted by Gasteiger charge is -2.04. The van der Waals surface area contributed by atoms with Gasteiger partial charge in [0.05, 0.1) is 0 Å². The number of primary amides is 1. The van der Waals surface area contributed by atoms with Crippen molar-refractivity contribution in [3.8, 4) is 0 Å². The molecule has 2 amide bonds. The molecular formula is C6H12N2O2. The van der Waals surface area contributed by atoms with Gasteiger partial charge in [-0.15, -0.1) is 0 Å². The third-order valence-corrected chi connectivity index (χ3v) is 1.29. The highest BCUT2D eigenvalue weighted by molar-refractivity contribution is 5.76. The van der Waals surface area contributed by atoms with Gasteiger partial charge in [-0.1, -0.05) is 6.92 Å². The monoisotopic (exact) mass is 144 g/mol. The second kappa shape index (κ2) is 4.78. The Morgan fingerprint density at radius 2 is 2.40 bits per heavy atom. The maximum atomic E-state index is 10.4. The quantitative estimate of drug-likeness (QED) is 0.393. The van der Waals surface area contributed by atoms with Gasteiger partial charge in [0.1, 0.15) is 0 Å². The lowest BCUT2D eigenvalue weighted by Crippen LogP contribution is -2.24. The zero-order valence-corrected chi connectivity index (χ0v) is 5.96. The van der Waals surface area contributed by atoms with E-state index in [1.54, 1.807) is 6.92 Å². The van der Waals surface area contributed by atoms with Gasteiger partial charge in [-0.05, 0) is 6.42 Å². The van der Waals surface area contributed by atoms with Crippen LogP contribution in [0.1, 0.15) is 13.3 Å². The number of carbonyl (C=O) groups excluding carboxylic acids is 2. The van der Waals surface area contributed by atoms with E-state index in [0.717, 1.165) is 0 Å². The molecule has 1 atom stereocenters. The van der Waals surface area contributed by atoms with Crippen molar-refractivity contribution in [2.45, 2.75) is 13.3 Å². The largest absolute Gasteiger partial charge is 0.369 e. The summed E-state index contributed by atoms with van der Waals surface area (Å²) in [6, 6.07) is 0. The number of amides is 2. The predicted molar refractivity (Wildman–Crippen MR) is 37.0 cm³/mol. The molecular weight excluding hydrogens is 132 g/mol. The predicted octanol–water partition coefficient (Wildman–Crippen LogP) is -0.756. The summed E-state index contributed by atoms with van der Waals surface area (Å²) in [5, 5.41) is 2.45. The highest BCUT2D eigenvalue weighted by atomic mass is 16.1. The molecule has 3 N–H and O–H groups in total. The molecule has 4 heteroatoms. The summed E-state index contributed by atoms with van der Waals surface area (Å²) >= 11 is 0. The fourth-order valence-corrected chi connectivity index (χ4v) is 0.501. The Kier molecular flexibility index (Phi) is 4.28. The average Bonchev–Trinajstić information content (AvgIpc) is 1.88. The van der Waals surface area contributed by atoms with Crippen molar-refractivity contribution >= 4 is 12.3 Å². The van der Waals surface area contributed by atoms with Crippen LogP contribution in [0.3, 0.4) is 0 Å². The second-order valence-electron chi connectivity index (χ2n) is 2.16. The van der Waals surface area contributed by atoms with Gasteiger partial charge in [0.2, 0.25) is 12.3 Å². The van der Waals surface area contributed by atoms with E-state index in [0.29, 0.717) is 19.4 Å². The van der Waals surface area contributed by atoms with Crippen LogP contribution in [0.4, 0.5) is 0 Å². The third-order valence-electron chi connectivity index (χ3n) is 1.29. The molecule has 0 aliphatic heterocycles. The standard InChI is InChI=1S/C6H12N2O2/c1-5(6(7)10)2-3-8-4-9/h4-5H,2-3H2,1H3,(H2,7,10)(H,8,9). The molecule has 0 aromatic heterocycles. The topological polar surface area (TPSA) is 72.2 Å². The van der Waals surface area contributed by atoms with E-state index in [1.807, 2.05) is 0 Å². The van der Waals surface area contributed by atoms with Crippen molar-refractivity contribution in [2.24, 2.45) is 11.7 Å². The SMILES string of the molecule is CC(CCNC=O)C(N)=O. The smallest absolute Gasteiger partial charge is 0.220 e. The molecule has 0 saturated carbocycles. The van der Waals surface area contributed by atoms with E-state index >= 15 is 0 Å². The van der Waals surface area contributed by atoms with Crippen LogP contribution in [-0.2, 0) is 9.59 Å². The van der Waals surface area contributed by atoms with Crippen LogP contribution in [0.2, 0.25) is 0 Å². The van der Waals surface area contributed by atoms with Gasteiger partial charge < -0.3 is 11.1 Å². The Bertz CT molecular complexity index is 125. The van der Waals surface area contributed by atoms with E-state index in [-0.39, 0.29) is 11.8 Å². The van der Waals surface area contributed by atoms with Crippen molar-refractivity contribution in [1.29, 1.82) is 0 Å². The molecule has 0 fully saturated rings. The molecule has 0 spiro atoms. The van der Waals surface area contributed by atoms with Crippen LogP contribution >= 0.6 is 0 Å². The molecule has 0 aliphatic rings. The maximum absolute atomic E-state index is 10.4. The Hall–Kier alpha value is -1.06. The average molecular weight is 144 g/mol. The molecule has 0 aliphatic carbocycles. The van der Waals surface area contributed by atoms with Crippen molar-refractivity contribution in [1.82, 2.24) is 5.32 Å². The van der Waals surface area contributed by atoms with Crippen molar-refractivity contribution in [2.75, 3.05) is 6.54 Å². The second-order valence-corrected chi connectivity index (χ2v) is 2.16. The lowest BCUT2D eigenvalue weighted by molar-refractivity contribution is -0.121. The molecule has 58 valence electrons. The zero-order valence-electron chi connectivity index (χ0n) is 5.96. The van der Waals surface area contributed by atoms with Gasteiger partial charge in [0.15, 0.2) is 0 Å². The summed E-state index contributed by atoms with van der Waals surface area (Å²) in [6.07, 6.45) is 1.21. The van der Waals surface area contributed by atoms with Crippen LogP contribution in [-0.4, -0.2) is 18.9 Å². The van der Waals surface area contributed by atoms with E-state index < -0.39 is 0 Å². The minimum Gasteiger partial charge on any atom is -0.369 e. The molecule has 0 radical (unpaired) electrons. The molecule has 0 aromatic rings. The summed E-state index contributed by atoms with van der Waals surface area (Å²) in [5.41, 5.74) is 4.96. The van der Waals surface area contributed by atoms with E-state index in [2.05, 4.69) is 5.32 Å². The van der Waals surface area contributed by atoms with Gasteiger partial charge in [-0.25, -0.2) is 0 Å². The Morgan fingerprint density at radius 3 is 2.80 bits per heavy atom. The number of rotatable bonds is 5. The molecule has 0 rings (SSSR count). The Labute approximate surface area is 59.8 Å². The van der Waals surface area contributed by atoms with Crippen molar-refractivity contribution < 1.29 is 9.59 Å². The van der Waals surface area contributed by atoms with E-state index in [4.69, 9.17) is 5.73 Å². The van der Waals surface area contributed by atoms with E-state index in [9.17, 15) is 9.59 Å². The summed E-state index contributed by atoms with van der Waals surface area (Å²) in [4.78, 5) is 20.1. The minimum absolute atomic E-state index is 0.160.